The Bertz CT molecular complexity index is 1190. The lowest BCUT2D eigenvalue weighted by Gasteiger charge is -2.30. The van der Waals surface area contributed by atoms with Crippen LogP contribution in [0.4, 0.5) is 5.69 Å². The molecule has 1 aliphatic heterocycles. The zero-order valence-corrected chi connectivity index (χ0v) is 21.6. The SMILES string of the molecule is CCCSc1nc(SCC(=O)Nc2ccc(C(C)=O)cc2)c2c3c(sc2n1)COC(C)(C)C3. The van der Waals surface area contributed by atoms with E-state index in [0.29, 0.717) is 17.9 Å². The molecule has 3 aromatic rings. The van der Waals surface area contributed by atoms with Crippen molar-refractivity contribution in [2.24, 2.45) is 0 Å². The topological polar surface area (TPSA) is 81.2 Å². The average molecular weight is 502 g/mol. The summed E-state index contributed by atoms with van der Waals surface area (Å²) < 4.78 is 6.01. The van der Waals surface area contributed by atoms with Gasteiger partial charge in [0.05, 0.1) is 18.0 Å². The summed E-state index contributed by atoms with van der Waals surface area (Å²) in [7, 11) is 0. The van der Waals surface area contributed by atoms with Crippen LogP contribution in [-0.2, 0) is 22.6 Å². The Hall–Kier alpha value is -1.94. The van der Waals surface area contributed by atoms with E-state index in [1.165, 1.54) is 29.1 Å². The lowest BCUT2D eigenvalue weighted by atomic mass is 9.95. The van der Waals surface area contributed by atoms with Gasteiger partial charge < -0.3 is 10.1 Å². The van der Waals surface area contributed by atoms with Gasteiger partial charge in [-0.2, -0.15) is 0 Å². The molecule has 0 radical (unpaired) electrons. The number of hydrogen-bond acceptors (Lipinski definition) is 8. The van der Waals surface area contributed by atoms with E-state index < -0.39 is 0 Å². The first kappa shape index (κ1) is 24.2. The minimum Gasteiger partial charge on any atom is -0.370 e. The molecule has 0 unspecified atom stereocenters. The molecule has 4 rings (SSSR count). The second kappa shape index (κ2) is 10.1. The Morgan fingerprint density at radius 1 is 1.18 bits per heavy atom. The number of nitrogens with zero attached hydrogens (tertiary/aromatic N) is 2. The molecule has 6 nitrogen and oxygen atoms in total. The Balaban J connectivity index is 1.56. The second-order valence-corrected chi connectivity index (χ2v) is 11.6. The number of thiophene rings is 1. The minimum atomic E-state index is -0.234. The summed E-state index contributed by atoms with van der Waals surface area (Å²) in [5, 5.41) is 5.59. The quantitative estimate of drug-likeness (QED) is 0.176. The fourth-order valence-corrected chi connectivity index (χ4v) is 6.41. The van der Waals surface area contributed by atoms with Crippen molar-refractivity contribution in [1.29, 1.82) is 0 Å². The molecule has 0 saturated carbocycles. The molecule has 1 N–H and O–H groups in total. The smallest absolute Gasteiger partial charge is 0.234 e. The Labute approximate surface area is 206 Å². The molecule has 2 aromatic heterocycles. The first-order valence-corrected chi connectivity index (χ1v) is 13.7. The summed E-state index contributed by atoms with van der Waals surface area (Å²) in [5.74, 6) is 1.08. The highest BCUT2D eigenvalue weighted by Crippen LogP contribution is 2.42. The maximum Gasteiger partial charge on any atom is 0.234 e. The van der Waals surface area contributed by atoms with Crippen molar-refractivity contribution in [3.05, 3.63) is 40.3 Å². The summed E-state index contributed by atoms with van der Waals surface area (Å²) in [4.78, 5) is 35.9. The number of Topliss-reactive ketones (excluding diaryl/α,β-unsaturated/α-hetero) is 1. The van der Waals surface area contributed by atoms with Gasteiger partial charge in [0, 0.05) is 33.7 Å². The highest BCUT2D eigenvalue weighted by atomic mass is 32.2. The van der Waals surface area contributed by atoms with Gasteiger partial charge in [-0.15, -0.1) is 11.3 Å². The number of fused-ring (bicyclic) bond motifs is 3. The molecule has 0 saturated heterocycles. The van der Waals surface area contributed by atoms with Crippen LogP contribution in [0.25, 0.3) is 10.2 Å². The summed E-state index contributed by atoms with van der Waals surface area (Å²) in [5.41, 5.74) is 2.31. The zero-order chi connectivity index (χ0) is 23.6. The predicted octanol–water partition coefficient (Wildman–Crippen LogP) is 5.98. The summed E-state index contributed by atoms with van der Waals surface area (Å²) in [6.45, 7) is 8.45. The fourth-order valence-electron chi connectivity index (χ4n) is 3.57. The van der Waals surface area contributed by atoms with Crippen LogP contribution < -0.4 is 5.32 Å². The van der Waals surface area contributed by atoms with Crippen LogP contribution in [0.2, 0.25) is 0 Å². The molecular weight excluding hydrogens is 474 g/mol. The summed E-state index contributed by atoms with van der Waals surface area (Å²) in [6, 6.07) is 6.94. The number of thioether (sulfide) groups is 2. The van der Waals surface area contributed by atoms with Gasteiger partial charge in [-0.25, -0.2) is 9.97 Å². The Morgan fingerprint density at radius 2 is 1.94 bits per heavy atom. The van der Waals surface area contributed by atoms with Gasteiger partial charge in [0.15, 0.2) is 10.9 Å². The monoisotopic (exact) mass is 501 g/mol. The maximum absolute atomic E-state index is 12.7. The van der Waals surface area contributed by atoms with E-state index in [1.54, 1.807) is 47.4 Å². The van der Waals surface area contributed by atoms with Crippen LogP contribution in [-0.4, -0.2) is 38.8 Å². The molecule has 0 bridgehead atoms. The first-order chi connectivity index (χ1) is 15.8. The molecule has 0 aliphatic carbocycles. The number of amides is 1. The van der Waals surface area contributed by atoms with E-state index in [4.69, 9.17) is 14.7 Å². The van der Waals surface area contributed by atoms with Crippen molar-refractivity contribution in [2.45, 2.75) is 62.9 Å². The van der Waals surface area contributed by atoms with E-state index in [9.17, 15) is 9.59 Å². The summed E-state index contributed by atoms with van der Waals surface area (Å²) in [6.07, 6.45) is 1.84. The van der Waals surface area contributed by atoms with Gasteiger partial charge in [-0.3, -0.25) is 9.59 Å². The third-order valence-corrected chi connectivity index (χ3v) is 8.36. The highest BCUT2D eigenvalue weighted by Gasteiger charge is 2.31. The van der Waals surface area contributed by atoms with E-state index in [0.717, 1.165) is 39.0 Å². The number of benzene rings is 1. The van der Waals surface area contributed by atoms with Crippen LogP contribution in [0, 0.1) is 0 Å². The molecule has 1 amide bonds. The standard InChI is InChI=1S/C24H27N3O3S3/c1-5-10-31-23-26-21(20-17-11-24(3,4)30-12-18(17)33-22(20)27-23)32-13-19(29)25-16-8-6-15(7-9-16)14(2)28/h6-9H,5,10-13H2,1-4H3,(H,25,29). The normalized spacial score (nSPS) is 14.8. The van der Waals surface area contributed by atoms with E-state index >= 15 is 0 Å². The molecule has 3 heterocycles. The molecule has 0 fully saturated rings. The second-order valence-electron chi connectivity index (χ2n) is 8.54. The Kier molecular flexibility index (Phi) is 7.43. The number of rotatable bonds is 8. The molecule has 1 aliphatic rings. The van der Waals surface area contributed by atoms with Gasteiger partial charge in [-0.1, -0.05) is 30.4 Å². The molecule has 0 atom stereocenters. The first-order valence-electron chi connectivity index (χ1n) is 10.9. The molecule has 9 heteroatoms. The third-order valence-electron chi connectivity index (χ3n) is 5.23. The fraction of sp³-hybridized carbons (Fsp3) is 0.417. The number of aromatic nitrogens is 2. The van der Waals surface area contributed by atoms with Crippen LogP contribution in [0.1, 0.15) is 54.9 Å². The van der Waals surface area contributed by atoms with Crippen molar-refractivity contribution in [3.8, 4) is 0 Å². The number of anilines is 1. The number of carbonyl (C=O) groups is 2. The van der Waals surface area contributed by atoms with Crippen molar-refractivity contribution in [2.75, 3.05) is 16.8 Å². The Morgan fingerprint density at radius 3 is 2.64 bits per heavy atom. The lowest BCUT2D eigenvalue weighted by Crippen LogP contribution is -2.31. The predicted molar refractivity (Wildman–Crippen MR) is 137 cm³/mol. The largest absolute Gasteiger partial charge is 0.370 e. The molecule has 0 spiro atoms. The van der Waals surface area contributed by atoms with Crippen LogP contribution >= 0.6 is 34.9 Å². The summed E-state index contributed by atoms with van der Waals surface area (Å²) >= 11 is 4.77. The van der Waals surface area contributed by atoms with Crippen molar-refractivity contribution in [1.82, 2.24) is 9.97 Å². The number of ether oxygens (including phenoxy) is 1. The number of hydrogen-bond donors (Lipinski definition) is 1. The number of carbonyl (C=O) groups excluding carboxylic acids is 2. The van der Waals surface area contributed by atoms with Crippen LogP contribution in [0.5, 0.6) is 0 Å². The molecule has 174 valence electrons. The highest BCUT2D eigenvalue weighted by molar-refractivity contribution is 8.00. The zero-order valence-electron chi connectivity index (χ0n) is 19.2. The number of nitrogens with one attached hydrogen (secondary N) is 1. The van der Waals surface area contributed by atoms with Gasteiger partial charge in [0.25, 0.3) is 0 Å². The maximum atomic E-state index is 12.7. The van der Waals surface area contributed by atoms with Crippen molar-refractivity contribution in [3.63, 3.8) is 0 Å². The van der Waals surface area contributed by atoms with E-state index in [-0.39, 0.29) is 23.0 Å². The van der Waals surface area contributed by atoms with Gasteiger partial charge in [0.1, 0.15) is 9.86 Å². The van der Waals surface area contributed by atoms with E-state index in [2.05, 4.69) is 26.1 Å². The van der Waals surface area contributed by atoms with Crippen molar-refractivity contribution < 1.29 is 14.3 Å². The average Bonchev–Trinajstić information content (AvgIpc) is 3.13. The molecular formula is C24H27N3O3S3. The van der Waals surface area contributed by atoms with Crippen LogP contribution in [0.15, 0.2) is 34.4 Å². The van der Waals surface area contributed by atoms with Crippen LogP contribution in [0.3, 0.4) is 0 Å². The van der Waals surface area contributed by atoms with Gasteiger partial charge >= 0.3 is 0 Å². The molecule has 1 aromatic carbocycles. The van der Waals surface area contributed by atoms with Crippen molar-refractivity contribution >= 4 is 62.5 Å². The van der Waals surface area contributed by atoms with E-state index in [1.807, 2.05) is 0 Å². The lowest BCUT2D eigenvalue weighted by molar-refractivity contribution is -0.113. The van der Waals surface area contributed by atoms with Gasteiger partial charge in [0.2, 0.25) is 5.91 Å². The minimum absolute atomic E-state index is 0.000583. The number of ketones is 1. The van der Waals surface area contributed by atoms with Gasteiger partial charge in [-0.05, 0) is 57.0 Å². The third kappa shape index (κ3) is 5.77. The molecule has 33 heavy (non-hydrogen) atoms.